The van der Waals surface area contributed by atoms with Crippen molar-refractivity contribution in [2.75, 3.05) is 0 Å². The average Bonchev–Trinajstić information content (AvgIpc) is 2.53. The summed E-state index contributed by atoms with van der Waals surface area (Å²) in [5, 5.41) is 4.91. The Morgan fingerprint density at radius 3 is 2.55 bits per heavy atom. The molecule has 2 aromatic carbocycles. The number of rotatable bonds is 1. The molecular weight excluding hydrogens is 274 g/mol. The van der Waals surface area contributed by atoms with E-state index in [4.69, 9.17) is 0 Å². The molecule has 1 saturated heterocycles. The van der Waals surface area contributed by atoms with E-state index in [0.717, 1.165) is 18.4 Å². The van der Waals surface area contributed by atoms with Gasteiger partial charge in [-0.3, -0.25) is 14.9 Å². The summed E-state index contributed by atoms with van der Waals surface area (Å²) >= 11 is 0. The second-order valence-electron chi connectivity index (χ2n) is 6.06. The Morgan fingerprint density at radius 1 is 1.00 bits per heavy atom. The highest BCUT2D eigenvalue weighted by atomic mass is 16.2. The van der Waals surface area contributed by atoms with Crippen LogP contribution in [0.4, 0.5) is 0 Å². The number of allylic oxidation sites excluding steroid dienone is 1. The van der Waals surface area contributed by atoms with Crippen molar-refractivity contribution in [3.05, 3.63) is 53.6 Å². The van der Waals surface area contributed by atoms with E-state index in [0.29, 0.717) is 12.8 Å². The molecule has 0 aromatic heterocycles. The predicted molar refractivity (Wildman–Crippen MR) is 86.1 cm³/mol. The smallest absolute Gasteiger partial charge is 0.234 e. The lowest BCUT2D eigenvalue weighted by molar-refractivity contribution is -0.134. The molecule has 1 aliphatic carbocycles. The number of fused-ring (bicyclic) bond motifs is 2. The number of imide groups is 1. The van der Waals surface area contributed by atoms with Gasteiger partial charge in [-0.2, -0.15) is 0 Å². The number of piperidine rings is 1. The molecular formula is C19H17NO2. The number of carbonyl (C=O) groups excluding carboxylic acids is 2. The normalized spacial score (nSPS) is 21.3. The number of benzene rings is 2. The molecule has 22 heavy (non-hydrogen) atoms. The topological polar surface area (TPSA) is 46.2 Å². The summed E-state index contributed by atoms with van der Waals surface area (Å²) in [6.07, 6.45) is 5.19. The van der Waals surface area contributed by atoms with Crippen molar-refractivity contribution in [1.29, 1.82) is 0 Å². The number of carbonyl (C=O) groups is 2. The van der Waals surface area contributed by atoms with Crippen LogP contribution in [0.5, 0.6) is 0 Å². The standard InChI is InChI=1S/C19H17NO2/c21-18-9-8-16(19(22)20-18)15-7-3-6-14-10-12-4-1-2-5-13(12)11-17(14)15/h1-2,4-5,7,10-11,16H,3,6,8-9H2,(H,20,21,22). The van der Waals surface area contributed by atoms with E-state index in [2.05, 4.69) is 41.7 Å². The van der Waals surface area contributed by atoms with E-state index in [1.54, 1.807) is 0 Å². The lowest BCUT2D eigenvalue weighted by Gasteiger charge is -2.27. The van der Waals surface area contributed by atoms with Crippen LogP contribution in [0, 0.1) is 5.92 Å². The van der Waals surface area contributed by atoms with Gasteiger partial charge in [-0.1, -0.05) is 36.4 Å². The van der Waals surface area contributed by atoms with Gasteiger partial charge in [-0.05, 0) is 52.8 Å². The zero-order valence-electron chi connectivity index (χ0n) is 12.3. The van der Waals surface area contributed by atoms with E-state index >= 15 is 0 Å². The van der Waals surface area contributed by atoms with Crippen LogP contribution in [0.2, 0.25) is 0 Å². The summed E-state index contributed by atoms with van der Waals surface area (Å²) < 4.78 is 0. The van der Waals surface area contributed by atoms with Crippen LogP contribution in [0.15, 0.2) is 42.5 Å². The minimum atomic E-state index is -0.196. The number of nitrogens with one attached hydrogen (secondary N) is 1. The summed E-state index contributed by atoms with van der Waals surface area (Å²) in [7, 11) is 0. The van der Waals surface area contributed by atoms with Crippen molar-refractivity contribution in [3.8, 4) is 0 Å². The quantitative estimate of drug-likeness (QED) is 0.820. The fraction of sp³-hybridized carbons (Fsp3) is 0.263. The summed E-state index contributed by atoms with van der Waals surface area (Å²) in [6.45, 7) is 0. The van der Waals surface area contributed by atoms with Gasteiger partial charge in [0.25, 0.3) is 0 Å². The Labute approximate surface area is 129 Å². The predicted octanol–water partition coefficient (Wildman–Crippen LogP) is 3.22. The Morgan fingerprint density at radius 2 is 1.77 bits per heavy atom. The molecule has 4 rings (SSSR count). The van der Waals surface area contributed by atoms with Crippen LogP contribution < -0.4 is 5.32 Å². The van der Waals surface area contributed by atoms with Gasteiger partial charge in [-0.25, -0.2) is 0 Å². The van der Waals surface area contributed by atoms with E-state index in [1.807, 2.05) is 6.07 Å². The van der Waals surface area contributed by atoms with Crippen LogP contribution in [0.25, 0.3) is 16.3 Å². The maximum atomic E-state index is 12.2. The third-order valence-corrected chi connectivity index (χ3v) is 4.68. The van der Waals surface area contributed by atoms with Crippen LogP contribution >= 0.6 is 0 Å². The van der Waals surface area contributed by atoms with Crippen molar-refractivity contribution in [2.24, 2.45) is 5.92 Å². The number of aryl methyl sites for hydroxylation is 1. The molecule has 1 atom stereocenters. The fourth-order valence-electron chi connectivity index (χ4n) is 3.58. The Balaban J connectivity index is 1.80. The SMILES string of the molecule is O=C1CCC(C2=CCCc3cc4ccccc4cc32)C(=O)N1. The minimum Gasteiger partial charge on any atom is -0.296 e. The Bertz CT molecular complexity index is 819. The van der Waals surface area contributed by atoms with E-state index in [1.165, 1.54) is 21.9 Å². The number of hydrogen-bond acceptors (Lipinski definition) is 2. The molecule has 3 nitrogen and oxygen atoms in total. The molecule has 0 radical (unpaired) electrons. The molecule has 2 aliphatic rings. The highest BCUT2D eigenvalue weighted by Crippen LogP contribution is 2.37. The molecule has 0 saturated carbocycles. The molecule has 1 heterocycles. The second-order valence-corrected chi connectivity index (χ2v) is 6.06. The fourth-order valence-corrected chi connectivity index (χ4v) is 3.58. The minimum absolute atomic E-state index is 0.150. The lowest BCUT2D eigenvalue weighted by Crippen LogP contribution is -2.41. The first-order valence-corrected chi connectivity index (χ1v) is 7.78. The first kappa shape index (κ1) is 13.3. The third kappa shape index (κ3) is 2.13. The lowest BCUT2D eigenvalue weighted by atomic mass is 9.79. The van der Waals surface area contributed by atoms with Gasteiger partial charge in [0.05, 0.1) is 5.92 Å². The maximum absolute atomic E-state index is 12.2. The Kier molecular flexibility index (Phi) is 3.07. The van der Waals surface area contributed by atoms with Crippen LogP contribution in [-0.2, 0) is 16.0 Å². The zero-order valence-corrected chi connectivity index (χ0v) is 12.3. The zero-order chi connectivity index (χ0) is 15.1. The van der Waals surface area contributed by atoms with Crippen molar-refractivity contribution in [2.45, 2.75) is 25.7 Å². The van der Waals surface area contributed by atoms with E-state index < -0.39 is 0 Å². The van der Waals surface area contributed by atoms with E-state index in [-0.39, 0.29) is 17.7 Å². The van der Waals surface area contributed by atoms with Gasteiger partial charge in [-0.15, -0.1) is 0 Å². The van der Waals surface area contributed by atoms with Crippen molar-refractivity contribution >= 4 is 28.2 Å². The molecule has 3 heteroatoms. The first-order valence-electron chi connectivity index (χ1n) is 7.78. The van der Waals surface area contributed by atoms with Gasteiger partial charge in [0.2, 0.25) is 11.8 Å². The van der Waals surface area contributed by atoms with Gasteiger partial charge in [0.15, 0.2) is 0 Å². The van der Waals surface area contributed by atoms with Crippen LogP contribution in [0.3, 0.4) is 0 Å². The van der Waals surface area contributed by atoms with Crippen molar-refractivity contribution in [3.63, 3.8) is 0 Å². The van der Waals surface area contributed by atoms with E-state index in [9.17, 15) is 9.59 Å². The van der Waals surface area contributed by atoms with Gasteiger partial charge >= 0.3 is 0 Å². The number of hydrogen-bond donors (Lipinski definition) is 1. The molecule has 0 spiro atoms. The average molecular weight is 291 g/mol. The molecule has 1 unspecified atom stereocenters. The van der Waals surface area contributed by atoms with Crippen LogP contribution in [0.1, 0.15) is 30.4 Å². The first-order chi connectivity index (χ1) is 10.7. The highest BCUT2D eigenvalue weighted by molar-refractivity contribution is 6.05. The summed E-state index contributed by atoms with van der Waals surface area (Å²) in [4.78, 5) is 23.6. The summed E-state index contributed by atoms with van der Waals surface area (Å²) in [5.74, 6) is -0.502. The molecule has 2 aromatic rings. The van der Waals surface area contributed by atoms with Gasteiger partial charge in [0, 0.05) is 6.42 Å². The Hall–Kier alpha value is -2.42. The molecule has 1 aliphatic heterocycles. The highest BCUT2D eigenvalue weighted by Gasteiger charge is 2.31. The summed E-state index contributed by atoms with van der Waals surface area (Å²) in [6, 6.07) is 12.7. The van der Waals surface area contributed by atoms with Crippen LogP contribution in [-0.4, -0.2) is 11.8 Å². The molecule has 110 valence electrons. The second kappa shape index (κ2) is 5.09. The van der Waals surface area contributed by atoms with Crippen molar-refractivity contribution < 1.29 is 9.59 Å². The third-order valence-electron chi connectivity index (χ3n) is 4.68. The molecule has 1 N–H and O–H groups in total. The molecule has 1 fully saturated rings. The number of amides is 2. The molecule has 2 amide bonds. The summed E-state index contributed by atoms with van der Waals surface area (Å²) in [5.41, 5.74) is 3.58. The van der Waals surface area contributed by atoms with Gasteiger partial charge < -0.3 is 0 Å². The largest absolute Gasteiger partial charge is 0.296 e. The van der Waals surface area contributed by atoms with Gasteiger partial charge in [0.1, 0.15) is 0 Å². The maximum Gasteiger partial charge on any atom is 0.234 e. The molecule has 0 bridgehead atoms. The monoisotopic (exact) mass is 291 g/mol. The van der Waals surface area contributed by atoms with Crippen molar-refractivity contribution in [1.82, 2.24) is 5.32 Å².